The second kappa shape index (κ2) is 5.17. The molecule has 1 saturated heterocycles. The maximum Gasteiger partial charge on any atom is 0.0847 e. The number of nitrogens with zero attached hydrogens (tertiary/aromatic N) is 1. The van der Waals surface area contributed by atoms with Gasteiger partial charge in [-0.25, -0.2) is 0 Å². The van der Waals surface area contributed by atoms with Gasteiger partial charge in [0.25, 0.3) is 0 Å². The van der Waals surface area contributed by atoms with Crippen molar-refractivity contribution in [1.82, 2.24) is 4.90 Å². The molecule has 2 fully saturated rings. The first-order valence-corrected chi connectivity index (χ1v) is 8.03. The third kappa shape index (κ3) is 2.35. The Morgan fingerprint density at radius 1 is 1.53 bits per heavy atom. The van der Waals surface area contributed by atoms with Gasteiger partial charge in [0.2, 0.25) is 0 Å². The van der Waals surface area contributed by atoms with E-state index in [2.05, 4.69) is 23.3 Å². The van der Waals surface area contributed by atoms with Crippen LogP contribution in [-0.2, 0) is 11.3 Å². The van der Waals surface area contributed by atoms with Crippen LogP contribution in [0.15, 0.2) is 11.4 Å². The van der Waals surface area contributed by atoms with Gasteiger partial charge >= 0.3 is 0 Å². The maximum absolute atomic E-state index is 9.99. The number of methoxy groups -OCH3 is 1. The van der Waals surface area contributed by atoms with E-state index in [0.717, 1.165) is 38.8 Å². The zero-order chi connectivity index (χ0) is 13.5. The highest BCUT2D eigenvalue weighted by atomic mass is 32.1. The number of aliphatic hydroxyl groups excluding tert-OH is 1. The predicted molar refractivity (Wildman–Crippen MR) is 77.5 cm³/mol. The van der Waals surface area contributed by atoms with Gasteiger partial charge in [0.15, 0.2) is 0 Å². The summed E-state index contributed by atoms with van der Waals surface area (Å²) in [5.41, 5.74) is 1.38. The zero-order valence-electron chi connectivity index (χ0n) is 11.8. The lowest BCUT2D eigenvalue weighted by atomic mass is 9.79. The molecule has 0 radical (unpaired) electrons. The molecular formula is C15H23NO2S. The number of thiophene rings is 1. The summed E-state index contributed by atoms with van der Waals surface area (Å²) in [5.74, 6) is 0. The number of aliphatic hydroxyl groups is 1. The lowest BCUT2D eigenvalue weighted by Gasteiger charge is -2.42. The fourth-order valence-electron chi connectivity index (χ4n) is 3.71. The van der Waals surface area contributed by atoms with E-state index in [1.807, 2.05) is 18.4 Å². The molecule has 0 spiro atoms. The Morgan fingerprint density at radius 2 is 2.37 bits per heavy atom. The van der Waals surface area contributed by atoms with Gasteiger partial charge in [-0.15, -0.1) is 11.3 Å². The van der Waals surface area contributed by atoms with Crippen LogP contribution in [0.5, 0.6) is 0 Å². The largest absolute Gasteiger partial charge is 0.393 e. The summed E-state index contributed by atoms with van der Waals surface area (Å²) in [5, 5.41) is 12.2. The molecule has 0 bridgehead atoms. The van der Waals surface area contributed by atoms with Crippen molar-refractivity contribution in [3.05, 3.63) is 21.9 Å². The molecular weight excluding hydrogens is 258 g/mol. The molecule has 2 heterocycles. The SMILES string of the molecule is CO[C@@]12CC[C@@H](O)C[C@@H]1N(Cc1sccc1C)CC2. The first-order valence-electron chi connectivity index (χ1n) is 7.15. The second-order valence-corrected chi connectivity index (χ2v) is 6.96. The molecule has 106 valence electrons. The molecule has 1 aliphatic carbocycles. The van der Waals surface area contributed by atoms with E-state index in [1.54, 1.807) is 0 Å². The van der Waals surface area contributed by atoms with E-state index in [9.17, 15) is 5.11 Å². The molecule has 0 aromatic carbocycles. The first kappa shape index (κ1) is 13.6. The number of fused-ring (bicyclic) bond motifs is 1. The van der Waals surface area contributed by atoms with Crippen molar-refractivity contribution in [3.8, 4) is 0 Å². The highest BCUT2D eigenvalue weighted by Gasteiger charge is 2.50. The number of aryl methyl sites for hydroxylation is 1. The van der Waals surface area contributed by atoms with E-state index in [0.29, 0.717) is 6.04 Å². The summed E-state index contributed by atoms with van der Waals surface area (Å²) in [6, 6.07) is 2.57. The molecule has 1 N–H and O–H groups in total. The molecule has 3 rings (SSSR count). The van der Waals surface area contributed by atoms with Gasteiger partial charge in [-0.1, -0.05) is 0 Å². The van der Waals surface area contributed by atoms with E-state index in [-0.39, 0.29) is 11.7 Å². The fraction of sp³-hybridized carbons (Fsp3) is 0.733. The topological polar surface area (TPSA) is 32.7 Å². The van der Waals surface area contributed by atoms with Crippen molar-refractivity contribution in [1.29, 1.82) is 0 Å². The number of rotatable bonds is 3. The van der Waals surface area contributed by atoms with E-state index >= 15 is 0 Å². The Labute approximate surface area is 119 Å². The smallest absolute Gasteiger partial charge is 0.0847 e. The predicted octanol–water partition coefficient (Wildman–Crippen LogP) is 2.56. The monoisotopic (exact) mass is 281 g/mol. The summed E-state index contributed by atoms with van der Waals surface area (Å²) in [4.78, 5) is 3.97. The molecule has 2 aliphatic rings. The van der Waals surface area contributed by atoms with Crippen molar-refractivity contribution in [3.63, 3.8) is 0 Å². The second-order valence-electron chi connectivity index (χ2n) is 5.96. The van der Waals surface area contributed by atoms with Crippen LogP contribution in [0.4, 0.5) is 0 Å². The van der Waals surface area contributed by atoms with Crippen molar-refractivity contribution < 1.29 is 9.84 Å². The Balaban J connectivity index is 1.78. The van der Waals surface area contributed by atoms with Gasteiger partial charge in [-0.3, -0.25) is 4.90 Å². The van der Waals surface area contributed by atoms with Crippen LogP contribution in [0.3, 0.4) is 0 Å². The van der Waals surface area contributed by atoms with Gasteiger partial charge in [0.05, 0.1) is 11.7 Å². The molecule has 0 unspecified atom stereocenters. The van der Waals surface area contributed by atoms with Crippen LogP contribution in [-0.4, -0.2) is 41.4 Å². The molecule has 19 heavy (non-hydrogen) atoms. The first-order chi connectivity index (χ1) is 9.14. The number of hydrogen-bond acceptors (Lipinski definition) is 4. The molecule has 3 nitrogen and oxygen atoms in total. The summed E-state index contributed by atoms with van der Waals surface area (Å²) in [7, 11) is 1.84. The number of likely N-dealkylation sites (tertiary alicyclic amines) is 1. The highest BCUT2D eigenvalue weighted by Crippen LogP contribution is 2.43. The third-order valence-electron chi connectivity index (χ3n) is 4.99. The maximum atomic E-state index is 9.99. The van der Waals surface area contributed by atoms with Gasteiger partial charge in [0, 0.05) is 31.1 Å². The zero-order valence-corrected chi connectivity index (χ0v) is 12.6. The van der Waals surface area contributed by atoms with Gasteiger partial charge in [0.1, 0.15) is 0 Å². The third-order valence-corrected chi connectivity index (χ3v) is 6.00. The van der Waals surface area contributed by atoms with Gasteiger partial charge in [-0.05, 0) is 49.6 Å². The lowest BCUT2D eigenvalue weighted by molar-refractivity contribution is -0.0878. The van der Waals surface area contributed by atoms with Crippen LogP contribution in [0.25, 0.3) is 0 Å². The fourth-order valence-corrected chi connectivity index (χ4v) is 4.64. The van der Waals surface area contributed by atoms with Crippen LogP contribution in [0.1, 0.15) is 36.1 Å². The average molecular weight is 281 g/mol. The van der Waals surface area contributed by atoms with Crippen molar-refractivity contribution in [2.24, 2.45) is 0 Å². The molecule has 3 atom stereocenters. The van der Waals surface area contributed by atoms with E-state index in [1.165, 1.54) is 10.4 Å². The quantitative estimate of drug-likeness (QED) is 0.924. The highest BCUT2D eigenvalue weighted by molar-refractivity contribution is 7.10. The van der Waals surface area contributed by atoms with Crippen LogP contribution in [0.2, 0.25) is 0 Å². The summed E-state index contributed by atoms with van der Waals surface area (Å²) in [6.45, 7) is 4.27. The average Bonchev–Trinajstić information content (AvgIpc) is 2.96. The van der Waals surface area contributed by atoms with Crippen molar-refractivity contribution in [2.75, 3.05) is 13.7 Å². The molecule has 1 saturated carbocycles. The van der Waals surface area contributed by atoms with Gasteiger partial charge < -0.3 is 9.84 Å². The summed E-state index contributed by atoms with van der Waals surface area (Å²) >= 11 is 1.84. The van der Waals surface area contributed by atoms with Crippen molar-refractivity contribution in [2.45, 2.75) is 56.9 Å². The molecule has 1 aliphatic heterocycles. The summed E-state index contributed by atoms with van der Waals surface area (Å²) in [6.07, 6.45) is 3.69. The van der Waals surface area contributed by atoms with Crippen LogP contribution in [0, 0.1) is 6.92 Å². The minimum absolute atomic E-state index is 0.00953. The van der Waals surface area contributed by atoms with E-state index < -0.39 is 0 Å². The Bertz CT molecular complexity index is 447. The molecule has 4 heteroatoms. The minimum Gasteiger partial charge on any atom is -0.393 e. The van der Waals surface area contributed by atoms with Crippen LogP contribution >= 0.6 is 11.3 Å². The lowest BCUT2D eigenvalue weighted by Crippen LogP contribution is -2.51. The Kier molecular flexibility index (Phi) is 3.69. The normalized spacial score (nSPS) is 35.5. The van der Waals surface area contributed by atoms with Crippen molar-refractivity contribution >= 4 is 11.3 Å². The molecule has 1 aromatic rings. The summed E-state index contributed by atoms with van der Waals surface area (Å²) < 4.78 is 5.88. The molecule has 0 amide bonds. The molecule has 1 aromatic heterocycles. The van der Waals surface area contributed by atoms with E-state index in [4.69, 9.17) is 4.74 Å². The van der Waals surface area contributed by atoms with Crippen LogP contribution < -0.4 is 0 Å². The minimum atomic E-state index is -0.154. The van der Waals surface area contributed by atoms with Gasteiger partial charge in [-0.2, -0.15) is 0 Å². The number of ether oxygens (including phenoxy) is 1. The number of hydrogen-bond donors (Lipinski definition) is 1. The Hall–Kier alpha value is -0.420. The standard InChI is InChI=1S/C15H23NO2S/c1-11-4-8-19-13(11)10-16-7-6-15(18-2)5-3-12(17)9-14(15)16/h4,8,12,14,17H,3,5-7,9-10H2,1-2H3/t12-,14+,15-/m1/s1. The Morgan fingerprint density at radius 3 is 3.05 bits per heavy atom.